The van der Waals surface area contributed by atoms with Gasteiger partial charge in [-0.15, -0.1) is 0 Å². The monoisotopic (exact) mass is 434 g/mol. The summed E-state index contributed by atoms with van der Waals surface area (Å²) >= 11 is 6.05. The Labute approximate surface area is 187 Å². The molecule has 2 aliphatic heterocycles. The predicted molar refractivity (Wildman–Crippen MR) is 124 cm³/mol. The standard InChI is InChI=1S/C24H39ClN4O/c1-7-17-12-26-22(25)27-20(17)29-14-19(15-29)18-10-8-9-11-28(13-18)21(30)24(5,6)16-23(2,3)4/h12,18-19H,7-11,13-16H2,1-6H3. The minimum atomic E-state index is -0.313. The molecule has 1 amide bonds. The lowest BCUT2D eigenvalue weighted by atomic mass is 9.75. The third-order valence-electron chi connectivity index (χ3n) is 6.62. The second-order valence-electron chi connectivity index (χ2n) is 11.1. The Balaban J connectivity index is 1.64. The Kier molecular flexibility index (Phi) is 7.01. The maximum absolute atomic E-state index is 13.4. The molecule has 0 spiro atoms. The molecule has 0 aliphatic carbocycles. The topological polar surface area (TPSA) is 49.3 Å². The molecular weight excluding hydrogens is 396 g/mol. The minimum Gasteiger partial charge on any atom is -0.356 e. The SMILES string of the molecule is CCc1cnc(Cl)nc1N1CC(C2CCCCN(C(=O)C(C)(C)CC(C)(C)C)C2)C1. The highest BCUT2D eigenvalue weighted by molar-refractivity contribution is 6.28. The number of nitrogens with zero attached hydrogens (tertiary/aromatic N) is 4. The van der Waals surface area contributed by atoms with Gasteiger partial charge in [-0.1, -0.05) is 48.0 Å². The van der Waals surface area contributed by atoms with E-state index in [4.69, 9.17) is 11.6 Å². The lowest BCUT2D eigenvalue weighted by Gasteiger charge is -2.46. The van der Waals surface area contributed by atoms with Crippen molar-refractivity contribution in [3.8, 4) is 0 Å². The maximum atomic E-state index is 13.4. The highest BCUT2D eigenvalue weighted by Gasteiger charge is 2.40. The number of carbonyl (C=O) groups excluding carboxylic acids is 1. The minimum absolute atomic E-state index is 0.148. The van der Waals surface area contributed by atoms with Crippen LogP contribution < -0.4 is 4.90 Å². The largest absolute Gasteiger partial charge is 0.356 e. The van der Waals surface area contributed by atoms with E-state index in [-0.39, 0.29) is 10.8 Å². The number of hydrogen-bond donors (Lipinski definition) is 0. The number of halogens is 1. The van der Waals surface area contributed by atoms with Crippen LogP contribution in [0.1, 0.15) is 72.8 Å². The van der Waals surface area contributed by atoms with Gasteiger partial charge in [0.25, 0.3) is 0 Å². The Morgan fingerprint density at radius 3 is 2.47 bits per heavy atom. The highest BCUT2D eigenvalue weighted by atomic mass is 35.5. The number of rotatable bonds is 5. The number of aromatic nitrogens is 2. The average Bonchev–Trinajstić information content (AvgIpc) is 2.84. The van der Waals surface area contributed by atoms with Crippen LogP contribution in [0.25, 0.3) is 0 Å². The molecule has 0 saturated carbocycles. The number of amides is 1. The number of hydrogen-bond acceptors (Lipinski definition) is 4. The molecule has 2 aliphatic rings. The normalized spacial score (nSPS) is 21.4. The summed E-state index contributed by atoms with van der Waals surface area (Å²) < 4.78 is 0. The maximum Gasteiger partial charge on any atom is 0.228 e. The molecule has 3 rings (SSSR count). The molecule has 0 aromatic carbocycles. The van der Waals surface area contributed by atoms with Gasteiger partial charge in [0.1, 0.15) is 5.82 Å². The van der Waals surface area contributed by atoms with E-state index in [1.54, 1.807) is 0 Å². The van der Waals surface area contributed by atoms with Crippen molar-refractivity contribution in [3.05, 3.63) is 17.0 Å². The summed E-state index contributed by atoms with van der Waals surface area (Å²) in [4.78, 5) is 26.5. The van der Waals surface area contributed by atoms with E-state index in [1.807, 2.05) is 6.20 Å². The van der Waals surface area contributed by atoms with Crippen LogP contribution >= 0.6 is 11.6 Å². The van der Waals surface area contributed by atoms with Gasteiger partial charge in [0.15, 0.2) is 0 Å². The van der Waals surface area contributed by atoms with Crippen molar-refractivity contribution < 1.29 is 4.79 Å². The Morgan fingerprint density at radius 1 is 1.13 bits per heavy atom. The van der Waals surface area contributed by atoms with Crippen LogP contribution in [0, 0.1) is 22.7 Å². The smallest absolute Gasteiger partial charge is 0.228 e. The van der Waals surface area contributed by atoms with Gasteiger partial charge in [0.2, 0.25) is 11.2 Å². The lowest BCUT2D eigenvalue weighted by Crippen LogP contribution is -2.53. The molecule has 3 heterocycles. The van der Waals surface area contributed by atoms with E-state index < -0.39 is 0 Å². The molecule has 1 atom stereocenters. The van der Waals surface area contributed by atoms with E-state index in [2.05, 4.69) is 61.3 Å². The first kappa shape index (κ1) is 23.3. The molecule has 2 fully saturated rings. The van der Waals surface area contributed by atoms with Crippen molar-refractivity contribution in [3.63, 3.8) is 0 Å². The molecule has 168 valence electrons. The van der Waals surface area contributed by atoms with Crippen LogP contribution in [-0.4, -0.2) is 47.0 Å². The van der Waals surface area contributed by atoms with Gasteiger partial charge < -0.3 is 9.80 Å². The summed E-state index contributed by atoms with van der Waals surface area (Å²) in [7, 11) is 0. The van der Waals surface area contributed by atoms with Gasteiger partial charge in [-0.2, -0.15) is 0 Å². The van der Waals surface area contributed by atoms with Crippen molar-refractivity contribution >= 4 is 23.3 Å². The van der Waals surface area contributed by atoms with Gasteiger partial charge in [0, 0.05) is 43.4 Å². The van der Waals surface area contributed by atoms with E-state index in [1.165, 1.54) is 12.8 Å². The van der Waals surface area contributed by atoms with E-state index in [0.717, 1.165) is 56.8 Å². The zero-order valence-corrected chi connectivity index (χ0v) is 20.4. The number of anilines is 1. The summed E-state index contributed by atoms with van der Waals surface area (Å²) in [5, 5.41) is 0.318. The molecule has 1 unspecified atom stereocenters. The van der Waals surface area contributed by atoms with Crippen LogP contribution in [-0.2, 0) is 11.2 Å². The van der Waals surface area contributed by atoms with Crippen molar-refractivity contribution in [1.29, 1.82) is 0 Å². The molecule has 0 radical (unpaired) electrons. The summed E-state index contributed by atoms with van der Waals surface area (Å²) in [5.74, 6) is 2.50. The Hall–Kier alpha value is -1.36. The fraction of sp³-hybridized carbons (Fsp3) is 0.792. The zero-order chi connectivity index (χ0) is 22.1. The molecular formula is C24H39ClN4O. The van der Waals surface area contributed by atoms with Crippen molar-refractivity contribution in [2.75, 3.05) is 31.1 Å². The van der Waals surface area contributed by atoms with Crippen LogP contribution in [0.2, 0.25) is 5.28 Å². The van der Waals surface area contributed by atoms with E-state index in [9.17, 15) is 4.79 Å². The third kappa shape index (κ3) is 5.46. The van der Waals surface area contributed by atoms with Crippen LogP contribution in [0.15, 0.2) is 6.20 Å². The first-order chi connectivity index (χ1) is 14.0. The lowest BCUT2D eigenvalue weighted by molar-refractivity contribution is -0.142. The van der Waals surface area contributed by atoms with Crippen LogP contribution in [0.3, 0.4) is 0 Å². The van der Waals surface area contributed by atoms with Crippen molar-refractivity contribution in [2.45, 2.75) is 73.6 Å². The van der Waals surface area contributed by atoms with Gasteiger partial charge in [0.05, 0.1) is 0 Å². The van der Waals surface area contributed by atoms with Crippen LogP contribution in [0.4, 0.5) is 5.82 Å². The fourth-order valence-electron chi connectivity index (χ4n) is 5.46. The molecule has 0 bridgehead atoms. The van der Waals surface area contributed by atoms with Gasteiger partial charge in [-0.3, -0.25) is 4.79 Å². The van der Waals surface area contributed by atoms with Crippen LogP contribution in [0.5, 0.6) is 0 Å². The number of likely N-dealkylation sites (tertiary alicyclic amines) is 1. The predicted octanol–water partition coefficient (Wildman–Crippen LogP) is 5.22. The summed E-state index contributed by atoms with van der Waals surface area (Å²) in [6, 6.07) is 0. The molecule has 30 heavy (non-hydrogen) atoms. The fourth-order valence-corrected chi connectivity index (χ4v) is 5.59. The van der Waals surface area contributed by atoms with E-state index in [0.29, 0.717) is 23.0 Å². The summed E-state index contributed by atoms with van der Waals surface area (Å²) in [6.07, 6.45) is 7.21. The van der Waals surface area contributed by atoms with E-state index >= 15 is 0 Å². The first-order valence-electron chi connectivity index (χ1n) is 11.6. The average molecular weight is 435 g/mol. The summed E-state index contributed by atoms with van der Waals surface area (Å²) in [5.41, 5.74) is 0.987. The third-order valence-corrected chi connectivity index (χ3v) is 6.80. The Bertz CT molecular complexity index is 752. The second kappa shape index (κ2) is 9.02. The van der Waals surface area contributed by atoms with Gasteiger partial charge in [-0.25, -0.2) is 9.97 Å². The number of carbonyl (C=O) groups is 1. The summed E-state index contributed by atoms with van der Waals surface area (Å²) in [6.45, 7) is 16.8. The molecule has 2 saturated heterocycles. The molecule has 1 aromatic rings. The van der Waals surface area contributed by atoms with Crippen molar-refractivity contribution in [2.24, 2.45) is 22.7 Å². The first-order valence-corrected chi connectivity index (χ1v) is 11.9. The van der Waals surface area contributed by atoms with Gasteiger partial charge >= 0.3 is 0 Å². The molecule has 1 aromatic heterocycles. The Morgan fingerprint density at radius 2 is 1.83 bits per heavy atom. The molecule has 0 N–H and O–H groups in total. The molecule has 6 heteroatoms. The zero-order valence-electron chi connectivity index (χ0n) is 19.7. The molecule has 5 nitrogen and oxygen atoms in total. The van der Waals surface area contributed by atoms with Crippen molar-refractivity contribution in [1.82, 2.24) is 14.9 Å². The second-order valence-corrected chi connectivity index (χ2v) is 11.5. The van der Waals surface area contributed by atoms with Gasteiger partial charge in [-0.05, 0) is 54.5 Å². The quantitative estimate of drug-likeness (QED) is 0.596. The highest BCUT2D eigenvalue weighted by Crippen LogP contribution is 2.38. The number of aryl methyl sites for hydroxylation is 1.